The van der Waals surface area contributed by atoms with Crippen molar-refractivity contribution in [1.82, 2.24) is 15.0 Å². The first-order valence-corrected chi connectivity index (χ1v) is 8.64. The molecular formula is C19H16N4S. The van der Waals surface area contributed by atoms with E-state index in [9.17, 15) is 0 Å². The first kappa shape index (κ1) is 14.8. The summed E-state index contributed by atoms with van der Waals surface area (Å²) in [5.74, 6) is 1.59. The van der Waals surface area contributed by atoms with Crippen molar-refractivity contribution in [1.29, 1.82) is 0 Å². The molecular weight excluding hydrogens is 316 g/mol. The largest absolute Gasteiger partial charge is 0.364 e. The van der Waals surface area contributed by atoms with Crippen molar-refractivity contribution in [2.45, 2.75) is 13.5 Å². The number of thiazole rings is 1. The number of rotatable bonds is 4. The van der Waals surface area contributed by atoms with Gasteiger partial charge in [-0.3, -0.25) is 0 Å². The second kappa shape index (κ2) is 6.37. The Hall–Kier alpha value is -2.79. The summed E-state index contributed by atoms with van der Waals surface area (Å²) in [5, 5.41) is 4.49. The maximum absolute atomic E-state index is 4.76. The highest BCUT2D eigenvalue weighted by molar-refractivity contribution is 7.09. The van der Waals surface area contributed by atoms with Crippen molar-refractivity contribution in [3.8, 4) is 11.4 Å². The van der Waals surface area contributed by atoms with Crippen molar-refractivity contribution < 1.29 is 0 Å². The fourth-order valence-electron chi connectivity index (χ4n) is 2.59. The van der Waals surface area contributed by atoms with Gasteiger partial charge in [0.25, 0.3) is 0 Å². The average molecular weight is 332 g/mol. The highest BCUT2D eigenvalue weighted by Crippen LogP contribution is 2.25. The van der Waals surface area contributed by atoms with Crippen LogP contribution < -0.4 is 5.32 Å². The van der Waals surface area contributed by atoms with Gasteiger partial charge in [0.2, 0.25) is 0 Å². The first-order valence-electron chi connectivity index (χ1n) is 7.76. The van der Waals surface area contributed by atoms with E-state index in [2.05, 4.69) is 10.3 Å². The molecule has 0 atom stereocenters. The van der Waals surface area contributed by atoms with E-state index in [1.54, 1.807) is 11.3 Å². The average Bonchev–Trinajstić information content (AvgIpc) is 3.05. The molecule has 118 valence electrons. The van der Waals surface area contributed by atoms with Gasteiger partial charge < -0.3 is 5.32 Å². The molecule has 0 aliphatic heterocycles. The second-order valence-electron chi connectivity index (χ2n) is 5.49. The van der Waals surface area contributed by atoms with Crippen LogP contribution in [0.1, 0.15) is 10.6 Å². The number of aryl methyl sites for hydroxylation is 1. The van der Waals surface area contributed by atoms with Crippen LogP contribution in [0.15, 0.2) is 60.1 Å². The molecule has 0 aliphatic rings. The van der Waals surface area contributed by atoms with E-state index >= 15 is 0 Å². The number of hydrogen-bond acceptors (Lipinski definition) is 5. The van der Waals surface area contributed by atoms with Crippen LogP contribution in [-0.4, -0.2) is 15.0 Å². The highest BCUT2D eigenvalue weighted by atomic mass is 32.1. The summed E-state index contributed by atoms with van der Waals surface area (Å²) in [5.41, 5.74) is 4.89. The summed E-state index contributed by atoms with van der Waals surface area (Å²) in [6.07, 6.45) is 0. The Morgan fingerprint density at radius 3 is 2.54 bits per heavy atom. The fraction of sp³-hybridized carbons (Fsp3) is 0.105. The third kappa shape index (κ3) is 2.86. The smallest absolute Gasteiger partial charge is 0.162 e. The number of aromatic nitrogens is 3. The molecule has 4 aromatic rings. The summed E-state index contributed by atoms with van der Waals surface area (Å²) in [7, 11) is 0. The van der Waals surface area contributed by atoms with Crippen molar-refractivity contribution in [3.05, 3.63) is 70.7 Å². The molecule has 4 nitrogen and oxygen atoms in total. The SMILES string of the molecule is Cc1ncsc1CNc1nc(-c2ccccc2)nc2ccccc12. The topological polar surface area (TPSA) is 50.7 Å². The lowest BCUT2D eigenvalue weighted by atomic mass is 10.2. The van der Waals surface area contributed by atoms with Crippen LogP contribution in [0.4, 0.5) is 5.82 Å². The van der Waals surface area contributed by atoms with Gasteiger partial charge in [-0.2, -0.15) is 0 Å². The summed E-state index contributed by atoms with van der Waals surface area (Å²) < 4.78 is 0. The molecule has 0 bridgehead atoms. The predicted octanol–water partition coefficient (Wildman–Crippen LogP) is 4.67. The quantitative estimate of drug-likeness (QED) is 0.590. The monoisotopic (exact) mass is 332 g/mol. The van der Waals surface area contributed by atoms with Crippen molar-refractivity contribution >= 4 is 28.1 Å². The van der Waals surface area contributed by atoms with Crippen LogP contribution in [0.25, 0.3) is 22.3 Å². The molecule has 0 unspecified atom stereocenters. The third-order valence-electron chi connectivity index (χ3n) is 3.90. The zero-order chi connectivity index (χ0) is 16.4. The van der Waals surface area contributed by atoms with E-state index in [4.69, 9.17) is 9.97 Å². The van der Waals surface area contributed by atoms with Crippen LogP contribution in [0.5, 0.6) is 0 Å². The second-order valence-corrected chi connectivity index (χ2v) is 6.43. The van der Waals surface area contributed by atoms with E-state index < -0.39 is 0 Å². The Morgan fingerprint density at radius 1 is 0.958 bits per heavy atom. The molecule has 4 rings (SSSR count). The zero-order valence-corrected chi connectivity index (χ0v) is 14.0. The Morgan fingerprint density at radius 2 is 1.75 bits per heavy atom. The normalized spacial score (nSPS) is 10.9. The van der Waals surface area contributed by atoms with Crippen LogP contribution >= 0.6 is 11.3 Å². The van der Waals surface area contributed by atoms with E-state index in [0.29, 0.717) is 6.54 Å². The van der Waals surface area contributed by atoms with E-state index in [0.717, 1.165) is 33.8 Å². The number of para-hydroxylation sites is 1. The molecule has 2 aromatic heterocycles. The van der Waals surface area contributed by atoms with Gasteiger partial charge in [0.1, 0.15) is 5.82 Å². The minimum atomic E-state index is 0.714. The molecule has 1 N–H and O–H groups in total. The van der Waals surface area contributed by atoms with Crippen LogP contribution in [0.2, 0.25) is 0 Å². The number of hydrogen-bond donors (Lipinski definition) is 1. The van der Waals surface area contributed by atoms with Gasteiger partial charge in [0, 0.05) is 15.8 Å². The summed E-state index contributed by atoms with van der Waals surface area (Å²) in [4.78, 5) is 15.0. The van der Waals surface area contributed by atoms with Gasteiger partial charge in [0.15, 0.2) is 5.82 Å². The molecule has 2 heterocycles. The van der Waals surface area contributed by atoms with Gasteiger partial charge in [0.05, 0.1) is 23.3 Å². The fourth-order valence-corrected chi connectivity index (χ4v) is 3.30. The molecule has 2 aromatic carbocycles. The summed E-state index contributed by atoms with van der Waals surface area (Å²) >= 11 is 1.66. The Labute approximate surface area is 144 Å². The number of anilines is 1. The minimum Gasteiger partial charge on any atom is -0.364 e. The van der Waals surface area contributed by atoms with Crippen LogP contribution in [-0.2, 0) is 6.54 Å². The van der Waals surface area contributed by atoms with E-state index in [1.165, 1.54) is 4.88 Å². The van der Waals surface area contributed by atoms with Gasteiger partial charge in [-0.25, -0.2) is 15.0 Å². The Balaban J connectivity index is 1.76. The Bertz CT molecular complexity index is 979. The molecule has 0 radical (unpaired) electrons. The van der Waals surface area contributed by atoms with Crippen molar-refractivity contribution in [2.24, 2.45) is 0 Å². The molecule has 24 heavy (non-hydrogen) atoms. The van der Waals surface area contributed by atoms with E-state index in [1.807, 2.05) is 67.0 Å². The summed E-state index contributed by atoms with van der Waals surface area (Å²) in [6.45, 7) is 2.74. The van der Waals surface area contributed by atoms with Crippen molar-refractivity contribution in [3.63, 3.8) is 0 Å². The lowest BCUT2D eigenvalue weighted by Gasteiger charge is -2.10. The highest BCUT2D eigenvalue weighted by Gasteiger charge is 2.10. The van der Waals surface area contributed by atoms with Gasteiger partial charge in [-0.1, -0.05) is 42.5 Å². The minimum absolute atomic E-state index is 0.714. The van der Waals surface area contributed by atoms with Crippen molar-refractivity contribution in [2.75, 3.05) is 5.32 Å². The zero-order valence-electron chi connectivity index (χ0n) is 13.2. The van der Waals surface area contributed by atoms with Gasteiger partial charge in [-0.05, 0) is 19.1 Å². The molecule has 0 saturated heterocycles. The standard InChI is InChI=1S/C19H16N4S/c1-13-17(24-12-21-13)11-20-19-15-9-5-6-10-16(15)22-18(23-19)14-7-3-2-4-8-14/h2-10,12H,11H2,1H3,(H,20,22,23). The number of benzene rings is 2. The molecule has 0 saturated carbocycles. The molecule has 5 heteroatoms. The first-order chi connectivity index (χ1) is 11.8. The molecule has 0 amide bonds. The number of fused-ring (bicyclic) bond motifs is 1. The predicted molar refractivity (Wildman–Crippen MR) is 99.2 cm³/mol. The molecule has 0 aliphatic carbocycles. The van der Waals surface area contributed by atoms with E-state index in [-0.39, 0.29) is 0 Å². The maximum Gasteiger partial charge on any atom is 0.162 e. The number of nitrogens with one attached hydrogen (secondary N) is 1. The van der Waals surface area contributed by atoms with Crippen LogP contribution in [0, 0.1) is 6.92 Å². The van der Waals surface area contributed by atoms with Gasteiger partial charge in [-0.15, -0.1) is 11.3 Å². The van der Waals surface area contributed by atoms with Crippen LogP contribution in [0.3, 0.4) is 0 Å². The molecule has 0 spiro atoms. The lowest BCUT2D eigenvalue weighted by molar-refractivity contribution is 1.09. The number of nitrogens with zero attached hydrogens (tertiary/aromatic N) is 3. The summed E-state index contributed by atoms with van der Waals surface area (Å²) in [6, 6.07) is 18.1. The van der Waals surface area contributed by atoms with Gasteiger partial charge >= 0.3 is 0 Å². The molecule has 0 fully saturated rings. The Kier molecular flexibility index (Phi) is 3.92. The third-order valence-corrected chi connectivity index (χ3v) is 4.83. The maximum atomic E-state index is 4.76. The lowest BCUT2D eigenvalue weighted by Crippen LogP contribution is -2.04.